The number of halogens is 21. The van der Waals surface area contributed by atoms with Gasteiger partial charge < -0.3 is 0 Å². The Kier molecular flexibility index (Phi) is 17.3. The predicted molar refractivity (Wildman–Crippen MR) is 258 cm³/mol. The third-order valence-electron chi connectivity index (χ3n) is 14.6. The van der Waals surface area contributed by atoms with Crippen molar-refractivity contribution in [2.75, 3.05) is 0 Å². The number of thiophene rings is 2. The molecule has 0 atom stereocenters. The molecule has 24 heteroatoms. The third kappa shape index (κ3) is 10.3. The van der Waals surface area contributed by atoms with Crippen molar-refractivity contribution in [2.24, 2.45) is 0 Å². The Labute approximate surface area is 460 Å². The van der Waals surface area contributed by atoms with E-state index in [1.165, 1.54) is 85.1 Å². The van der Waals surface area contributed by atoms with Crippen LogP contribution in [0.5, 0.6) is 0 Å². The summed E-state index contributed by atoms with van der Waals surface area (Å²) in [6.07, 6.45) is 6.75. The summed E-state index contributed by atoms with van der Waals surface area (Å²) in [7, 11) is 0. The Morgan fingerprint density at radius 3 is 0.738 bits per heavy atom. The van der Waals surface area contributed by atoms with Crippen LogP contribution >= 0.6 is 22.7 Å². The first-order valence-electron chi connectivity index (χ1n) is 24.3. The second-order valence-electron chi connectivity index (χ2n) is 19.0. The zero-order valence-corrected chi connectivity index (χ0v) is 44.3. The van der Waals surface area contributed by atoms with E-state index in [1.54, 1.807) is 16.9 Å². The highest BCUT2D eigenvalue weighted by molar-refractivity contribution is 7.20. The maximum absolute atomic E-state index is 15.4. The van der Waals surface area contributed by atoms with Crippen molar-refractivity contribution in [3.63, 3.8) is 0 Å². The second-order valence-corrected chi connectivity index (χ2v) is 25.5. The fourth-order valence-electron chi connectivity index (χ4n) is 10.7. The summed E-state index contributed by atoms with van der Waals surface area (Å²) in [5.74, 6) is -69.8. The van der Waals surface area contributed by atoms with Crippen molar-refractivity contribution in [3.8, 4) is 20.9 Å². The van der Waals surface area contributed by atoms with Gasteiger partial charge in [0.05, 0.1) is 0 Å². The molecule has 0 nitrogen and oxygen atoms in total. The van der Waals surface area contributed by atoms with E-state index in [-0.39, 0.29) is 21.2 Å². The molecule has 80 heavy (non-hydrogen) atoms. The summed E-state index contributed by atoms with van der Waals surface area (Å²) >= 11 is 3.89. The quantitative estimate of drug-likeness (QED) is 0.0421. The zero-order valence-electron chi connectivity index (χ0n) is 40.5. The van der Waals surface area contributed by atoms with Gasteiger partial charge in [0.15, 0.2) is 69.8 Å². The molecule has 0 radical (unpaired) electrons. The van der Waals surface area contributed by atoms with Crippen LogP contribution in [0, 0.1) is 122 Å². The molecule has 2 heterocycles. The average Bonchev–Trinajstić information content (AvgIpc) is 4.29. The second kappa shape index (κ2) is 23.5. The van der Waals surface area contributed by atoms with Crippen LogP contribution in [-0.2, 0) is 0 Å². The van der Waals surface area contributed by atoms with Gasteiger partial charge in [0.1, 0.15) is 52.7 Å². The number of hydrogen-bond acceptors (Lipinski definition) is 2. The molecule has 0 aliphatic heterocycles. The molecule has 0 N–H and O–H groups in total. The molecule has 2 aliphatic carbocycles. The molecule has 0 amide bonds. The van der Waals surface area contributed by atoms with Gasteiger partial charge in [-0.25, -0.2) is 87.8 Å². The van der Waals surface area contributed by atoms with Gasteiger partial charge in [0.2, 0.25) is 5.77 Å². The molecule has 0 unspecified atom stereocenters. The molecule has 0 bridgehead atoms. The van der Waals surface area contributed by atoms with E-state index in [0.29, 0.717) is 0 Å². The summed E-state index contributed by atoms with van der Waals surface area (Å²) < 4.78 is 297. The van der Waals surface area contributed by atoms with Crippen LogP contribution in [0.4, 0.5) is 87.8 Å². The van der Waals surface area contributed by atoms with E-state index in [2.05, 4.69) is 72.8 Å². The van der Waals surface area contributed by atoms with Crippen LogP contribution in [0.15, 0.2) is 72.8 Å². The molecule has 2 aromatic heterocycles. The van der Waals surface area contributed by atoms with Crippen LogP contribution in [0.3, 0.4) is 0 Å². The summed E-state index contributed by atoms with van der Waals surface area (Å²) in [5, 5.41) is 0. The summed E-state index contributed by atoms with van der Waals surface area (Å²) in [6.45, 7) is 0. The van der Waals surface area contributed by atoms with Crippen LogP contribution in [0.2, 0.25) is 0 Å². The van der Waals surface area contributed by atoms with Crippen molar-refractivity contribution < 1.29 is 109 Å². The average molecular weight is 1290 g/mol. The summed E-state index contributed by atoms with van der Waals surface area (Å²) in [4.78, 5) is 2.84. The minimum absolute atomic E-state index is 0.111. The molecule has 10 rings (SSSR count). The molecule has 2 fully saturated rings. The van der Waals surface area contributed by atoms with E-state index >= 15 is 35.1 Å². The van der Waals surface area contributed by atoms with Crippen molar-refractivity contribution in [3.05, 3.63) is 206 Å². The lowest BCUT2D eigenvalue weighted by Crippen LogP contribution is -3.61. The molecule has 0 saturated heterocycles. The lowest BCUT2D eigenvalue weighted by Gasteiger charge is -2.44. The standard InChI is InChI=1S/C32H34IS2.C24BF20/c1-3-7-23(8-4-1)25-11-15-27(16-12-25)29-19-21-31(34-29)33-32-22-20-30(35-32)28-17-13-26(14-18-28)24-9-5-2-6-10-24;26-5-1(6(27)14(35)21(42)13(5)34)25(2-7(28)15(36)22(43)16(37)8(2)29,3-9(30)17(38)23(44)18(39)10(3)31)4-11(32)19(40)24(45)20(41)12(4)33/h11-24H,1-10H2;/q+1;-1. The highest BCUT2D eigenvalue weighted by atomic mass is 127. The lowest BCUT2D eigenvalue weighted by molar-refractivity contribution is -0.585. The first-order valence-corrected chi connectivity index (χ1v) is 28.1. The highest BCUT2D eigenvalue weighted by Gasteiger charge is 2.52. The summed E-state index contributed by atoms with van der Waals surface area (Å²) in [6, 6.07) is 28.4. The Morgan fingerprint density at radius 1 is 0.275 bits per heavy atom. The van der Waals surface area contributed by atoms with E-state index in [1.807, 2.05) is 22.7 Å². The van der Waals surface area contributed by atoms with Crippen molar-refractivity contribution in [1.29, 1.82) is 0 Å². The number of hydrogen-bond donors (Lipinski definition) is 0. The minimum Gasteiger partial charge on any atom is -0.207 e. The molecular weight excluding hydrogens is 1250 g/mol. The van der Waals surface area contributed by atoms with Gasteiger partial charge >= 0.3 is 21.2 Å². The lowest BCUT2D eigenvalue weighted by atomic mass is 9.12. The Bertz CT molecular complexity index is 3180. The zero-order chi connectivity index (χ0) is 57.8. The normalized spacial score (nSPS) is 14.4. The molecule has 0 spiro atoms. The molecule has 2 saturated carbocycles. The van der Waals surface area contributed by atoms with E-state index in [0.717, 1.165) is 11.8 Å². The van der Waals surface area contributed by atoms with E-state index < -0.39 is 144 Å². The van der Waals surface area contributed by atoms with Gasteiger partial charge in [-0.3, -0.25) is 0 Å². The van der Waals surface area contributed by atoms with Crippen LogP contribution in [0.25, 0.3) is 20.9 Å². The van der Waals surface area contributed by atoms with Crippen LogP contribution in [0.1, 0.15) is 87.2 Å². The molecular formula is C56H34BF20IS2. The SMILES string of the molecule is Fc1c(F)c(F)c([B-](c2c(F)c(F)c(F)c(F)c2F)(c2c(F)c(F)c(F)c(F)c2F)c2c(F)c(F)c(F)c(F)c2F)c(F)c1F.c1cc(C2CCCCC2)ccc1-c1ccc([I+]c2ccc(-c3ccc(C4CCCCC4)cc3)s2)s1. The number of rotatable bonds is 10. The fourth-order valence-corrected chi connectivity index (χ4v) is 17.0. The Hall–Kier alpha value is -5.89. The third-order valence-corrected chi connectivity index (χ3v) is 20.6. The molecule has 420 valence electrons. The number of benzene rings is 6. The van der Waals surface area contributed by atoms with Crippen molar-refractivity contribution in [1.82, 2.24) is 0 Å². The smallest absolute Gasteiger partial charge is 0.207 e. The first kappa shape index (κ1) is 58.8. The van der Waals surface area contributed by atoms with Gasteiger partial charge in [-0.1, -0.05) is 110 Å². The topological polar surface area (TPSA) is 0 Å². The van der Waals surface area contributed by atoms with E-state index in [4.69, 9.17) is 0 Å². The fraction of sp³-hybridized carbons (Fsp3) is 0.214. The monoisotopic (exact) mass is 1290 g/mol. The summed E-state index contributed by atoms with van der Waals surface area (Å²) in [5.41, 5.74) is -8.46. The highest BCUT2D eigenvalue weighted by Crippen LogP contribution is 2.37. The van der Waals surface area contributed by atoms with Crippen molar-refractivity contribution in [2.45, 2.75) is 76.0 Å². The Morgan fingerprint density at radius 2 is 0.500 bits per heavy atom. The maximum Gasteiger partial charge on any atom is 0.381 e. The van der Waals surface area contributed by atoms with Gasteiger partial charge in [0.25, 0.3) is 0 Å². The van der Waals surface area contributed by atoms with Gasteiger partial charge in [0, 0.05) is 21.9 Å². The van der Waals surface area contributed by atoms with Crippen LogP contribution in [-0.4, -0.2) is 6.15 Å². The molecule has 2 aliphatic rings. The molecule has 6 aromatic carbocycles. The largest absolute Gasteiger partial charge is 0.381 e. The van der Waals surface area contributed by atoms with E-state index in [9.17, 15) is 52.7 Å². The van der Waals surface area contributed by atoms with Gasteiger partial charge in [-0.05, 0) is 71.9 Å². The van der Waals surface area contributed by atoms with Crippen molar-refractivity contribution >= 4 is 50.7 Å². The first-order chi connectivity index (χ1) is 38.0. The molecule has 8 aromatic rings. The predicted octanol–water partition coefficient (Wildman–Crippen LogP) is 13.2. The van der Waals surface area contributed by atoms with Crippen LogP contribution < -0.4 is 43.1 Å². The Balaban J connectivity index is 0.000000199. The van der Waals surface area contributed by atoms with Gasteiger partial charge in [-0.15, -0.1) is 21.9 Å². The van der Waals surface area contributed by atoms with Gasteiger partial charge in [-0.2, -0.15) is 0 Å². The minimum atomic E-state index is -7.22. The maximum atomic E-state index is 15.4.